The zero-order valence-corrected chi connectivity index (χ0v) is 23.0. The van der Waals surface area contributed by atoms with Gasteiger partial charge >= 0.3 is 12.0 Å². The number of terminal acetylenes is 1. The number of rotatable bonds is 12. The van der Waals surface area contributed by atoms with Gasteiger partial charge in [-0.3, -0.25) is 14.4 Å². The summed E-state index contributed by atoms with van der Waals surface area (Å²) in [6.45, 7) is 1.95. The van der Waals surface area contributed by atoms with Gasteiger partial charge < -0.3 is 20.2 Å². The monoisotopic (exact) mass is 547 g/mol. The number of carboxylic acids is 1. The van der Waals surface area contributed by atoms with Gasteiger partial charge in [-0.1, -0.05) is 66.6 Å². The molecule has 1 saturated heterocycles. The van der Waals surface area contributed by atoms with Gasteiger partial charge in [-0.2, -0.15) is 5.01 Å². The molecule has 0 radical (unpaired) electrons. The lowest BCUT2D eigenvalue weighted by molar-refractivity contribution is -0.175. The van der Waals surface area contributed by atoms with Crippen LogP contribution in [0.1, 0.15) is 37.3 Å². The Hall–Kier alpha value is -4.36. The summed E-state index contributed by atoms with van der Waals surface area (Å²) in [6.07, 6.45) is 6.39. The van der Waals surface area contributed by atoms with Crippen LogP contribution in [0.15, 0.2) is 60.7 Å². The van der Waals surface area contributed by atoms with Gasteiger partial charge in [-0.25, -0.2) is 9.80 Å². The van der Waals surface area contributed by atoms with E-state index in [-0.39, 0.29) is 19.6 Å². The second kappa shape index (κ2) is 14.7. The molecule has 1 fully saturated rings. The Labute approximate surface area is 235 Å². The minimum Gasteiger partial charge on any atom is -0.481 e. The van der Waals surface area contributed by atoms with Crippen molar-refractivity contribution in [1.82, 2.24) is 25.1 Å². The van der Waals surface area contributed by atoms with E-state index in [9.17, 15) is 24.3 Å². The fraction of sp³-hybridized carbons (Fsp3) is 0.400. The molecule has 0 bridgehead atoms. The van der Waals surface area contributed by atoms with Gasteiger partial charge in [0.25, 0.3) is 0 Å². The van der Waals surface area contributed by atoms with E-state index in [1.807, 2.05) is 60.7 Å². The number of benzene rings is 2. The minimum atomic E-state index is -1.28. The Kier molecular flexibility index (Phi) is 11.1. The third-order valence-electron chi connectivity index (χ3n) is 6.85. The molecule has 40 heavy (non-hydrogen) atoms. The maximum absolute atomic E-state index is 13.5. The highest BCUT2D eigenvalue weighted by Gasteiger charge is 2.45. The van der Waals surface area contributed by atoms with Crippen LogP contribution in [0.25, 0.3) is 0 Å². The lowest BCUT2D eigenvalue weighted by atomic mass is 10.1. The molecule has 212 valence electrons. The number of amides is 4. The molecule has 0 aromatic heterocycles. The van der Waals surface area contributed by atoms with Crippen LogP contribution in [0.3, 0.4) is 0 Å². The van der Waals surface area contributed by atoms with E-state index >= 15 is 0 Å². The quantitative estimate of drug-likeness (QED) is 0.312. The number of unbranched alkanes of at least 4 members (excludes halogenated alkanes) is 1. The number of carbonyl (C=O) groups is 4. The SMILES string of the molecule is C#CCN1CC(=O)N([C@@H](CC(=O)O)C(=O)N(C)CCCCc2ccccc2)[C@H](C)N1C(=O)NCc1ccccc1. The number of aliphatic carboxylic acids is 1. The zero-order chi connectivity index (χ0) is 29.1. The Morgan fingerprint density at radius 1 is 1.07 bits per heavy atom. The van der Waals surface area contributed by atoms with Gasteiger partial charge in [0.2, 0.25) is 11.8 Å². The number of aryl methyl sites for hydroxylation is 1. The number of likely N-dealkylation sites (N-methyl/N-ethyl adjacent to an activating group) is 1. The molecular weight excluding hydrogens is 510 g/mol. The van der Waals surface area contributed by atoms with E-state index in [2.05, 4.69) is 11.2 Å². The lowest BCUT2D eigenvalue weighted by Crippen LogP contribution is -2.70. The Bertz CT molecular complexity index is 1200. The maximum Gasteiger partial charge on any atom is 0.334 e. The largest absolute Gasteiger partial charge is 0.481 e. The lowest BCUT2D eigenvalue weighted by Gasteiger charge is -2.49. The average molecular weight is 548 g/mol. The Morgan fingerprint density at radius 3 is 2.30 bits per heavy atom. The van der Waals surface area contributed by atoms with Crippen LogP contribution < -0.4 is 5.32 Å². The highest BCUT2D eigenvalue weighted by atomic mass is 16.4. The summed E-state index contributed by atoms with van der Waals surface area (Å²) in [6, 6.07) is 17.5. The van der Waals surface area contributed by atoms with E-state index in [0.717, 1.165) is 18.4 Å². The van der Waals surface area contributed by atoms with E-state index in [0.29, 0.717) is 13.0 Å². The standard InChI is InChI=1S/C30H37N5O5/c1-4-18-33-22-27(36)34(23(2)35(33)30(40)31-21-25-16-9-6-10-17-25)26(20-28(37)38)29(39)32(3)19-12-11-15-24-13-7-5-8-14-24/h1,5-10,13-14,16-17,23,26H,11-12,15,18-22H2,2-3H3,(H,31,40)(H,37,38)/t23-,26-/m0/s1. The highest BCUT2D eigenvalue weighted by molar-refractivity contribution is 5.92. The van der Waals surface area contributed by atoms with Crippen molar-refractivity contribution in [3.8, 4) is 12.3 Å². The van der Waals surface area contributed by atoms with E-state index in [1.165, 1.54) is 25.4 Å². The molecule has 2 aromatic carbocycles. The summed E-state index contributed by atoms with van der Waals surface area (Å²) < 4.78 is 0. The second-order valence-corrected chi connectivity index (χ2v) is 9.76. The molecule has 2 aromatic rings. The molecular formula is C30H37N5O5. The van der Waals surface area contributed by atoms with Crippen molar-refractivity contribution in [3.05, 3.63) is 71.8 Å². The first-order chi connectivity index (χ1) is 19.2. The van der Waals surface area contributed by atoms with Crippen LogP contribution in [0.4, 0.5) is 4.79 Å². The van der Waals surface area contributed by atoms with Crippen molar-refractivity contribution in [1.29, 1.82) is 0 Å². The van der Waals surface area contributed by atoms with Gasteiger partial charge in [-0.05, 0) is 37.3 Å². The van der Waals surface area contributed by atoms with Gasteiger partial charge in [0.05, 0.1) is 19.5 Å². The number of hydrogen-bond acceptors (Lipinski definition) is 5. The van der Waals surface area contributed by atoms with E-state index in [1.54, 1.807) is 14.0 Å². The van der Waals surface area contributed by atoms with Crippen molar-refractivity contribution in [2.75, 3.05) is 26.7 Å². The molecule has 10 heteroatoms. The topological polar surface area (TPSA) is 114 Å². The van der Waals surface area contributed by atoms with Crippen LogP contribution in [-0.2, 0) is 27.3 Å². The first kappa shape index (κ1) is 30.2. The van der Waals surface area contributed by atoms with Gasteiger partial charge in [0.1, 0.15) is 12.2 Å². The van der Waals surface area contributed by atoms with Crippen LogP contribution in [0.5, 0.6) is 0 Å². The normalized spacial score (nSPS) is 16.2. The molecule has 1 aliphatic rings. The summed E-state index contributed by atoms with van der Waals surface area (Å²) in [4.78, 5) is 54.6. The van der Waals surface area contributed by atoms with Crippen molar-refractivity contribution >= 4 is 23.8 Å². The highest BCUT2D eigenvalue weighted by Crippen LogP contribution is 2.23. The van der Waals surface area contributed by atoms with Gasteiger partial charge in [0.15, 0.2) is 0 Å². The molecule has 0 unspecified atom stereocenters. The third-order valence-corrected chi connectivity index (χ3v) is 6.85. The molecule has 1 heterocycles. The number of hydrazine groups is 1. The Balaban J connectivity index is 1.73. The fourth-order valence-electron chi connectivity index (χ4n) is 4.86. The smallest absolute Gasteiger partial charge is 0.334 e. The predicted molar refractivity (Wildman–Crippen MR) is 150 cm³/mol. The summed E-state index contributed by atoms with van der Waals surface area (Å²) in [5.74, 6) is 0.270. The molecule has 0 aliphatic carbocycles. The maximum atomic E-state index is 13.5. The third kappa shape index (κ3) is 8.07. The van der Waals surface area contributed by atoms with E-state index < -0.39 is 42.4 Å². The molecule has 2 N–H and O–H groups in total. The molecule has 4 amide bonds. The Morgan fingerprint density at radius 2 is 1.70 bits per heavy atom. The zero-order valence-electron chi connectivity index (χ0n) is 23.0. The number of hydrogen-bond donors (Lipinski definition) is 2. The summed E-state index contributed by atoms with van der Waals surface area (Å²) in [5.41, 5.74) is 2.08. The van der Waals surface area contributed by atoms with Crippen LogP contribution in [-0.4, -0.2) is 87.6 Å². The first-order valence-electron chi connectivity index (χ1n) is 13.3. The molecule has 0 saturated carbocycles. The predicted octanol–water partition coefficient (Wildman–Crippen LogP) is 2.56. The molecule has 2 atom stereocenters. The summed E-state index contributed by atoms with van der Waals surface area (Å²) >= 11 is 0. The van der Waals surface area contributed by atoms with Gasteiger partial charge in [-0.15, -0.1) is 6.42 Å². The van der Waals surface area contributed by atoms with Gasteiger partial charge in [0, 0.05) is 20.1 Å². The summed E-state index contributed by atoms with van der Waals surface area (Å²) in [5, 5.41) is 15.2. The van der Waals surface area contributed by atoms with Crippen LogP contribution in [0.2, 0.25) is 0 Å². The average Bonchev–Trinajstić information content (AvgIpc) is 2.94. The first-order valence-corrected chi connectivity index (χ1v) is 13.3. The second-order valence-electron chi connectivity index (χ2n) is 9.76. The number of carbonyl (C=O) groups excluding carboxylic acids is 3. The summed E-state index contributed by atoms with van der Waals surface area (Å²) in [7, 11) is 1.60. The number of nitrogens with one attached hydrogen (secondary N) is 1. The molecule has 0 spiro atoms. The molecule has 1 aliphatic heterocycles. The van der Waals surface area contributed by atoms with E-state index in [4.69, 9.17) is 6.42 Å². The van der Waals surface area contributed by atoms with Crippen molar-refractivity contribution in [2.24, 2.45) is 0 Å². The number of nitrogens with zero attached hydrogens (tertiary/aromatic N) is 4. The van der Waals surface area contributed by atoms with Crippen molar-refractivity contribution in [2.45, 2.75) is 51.4 Å². The fourth-order valence-corrected chi connectivity index (χ4v) is 4.86. The number of carboxylic acid groups (broad SMARTS) is 1. The minimum absolute atomic E-state index is 0.0124. The van der Waals surface area contributed by atoms with Crippen LogP contribution >= 0.6 is 0 Å². The molecule has 3 rings (SSSR count). The van der Waals surface area contributed by atoms with Crippen molar-refractivity contribution in [3.63, 3.8) is 0 Å². The van der Waals surface area contributed by atoms with Crippen LogP contribution in [0, 0.1) is 12.3 Å². The van der Waals surface area contributed by atoms with Crippen molar-refractivity contribution < 1.29 is 24.3 Å². The number of urea groups is 1. The molecule has 10 nitrogen and oxygen atoms in total.